The number of aromatic amines is 1. The van der Waals surface area contributed by atoms with Crippen LogP contribution < -0.4 is 4.90 Å². The number of nitrogens with zero attached hydrogens (tertiary/aromatic N) is 3. The summed E-state index contributed by atoms with van der Waals surface area (Å²) < 4.78 is 8.59. The Labute approximate surface area is 106 Å². The molecule has 1 atom stereocenters. The van der Waals surface area contributed by atoms with Gasteiger partial charge in [0.05, 0.1) is 6.10 Å². The smallest absolute Gasteiger partial charge is 0.226 e. The van der Waals surface area contributed by atoms with Crippen molar-refractivity contribution in [3.05, 3.63) is 4.77 Å². The number of aromatic nitrogens is 3. The number of rotatable bonds is 2. The molecule has 2 aliphatic rings. The lowest BCUT2D eigenvalue weighted by atomic mass is 10.3. The van der Waals surface area contributed by atoms with Gasteiger partial charge in [0, 0.05) is 25.7 Å². The topological polar surface area (TPSA) is 46.1 Å². The average Bonchev–Trinajstić information content (AvgIpc) is 3.08. The normalized spacial score (nSPS) is 25.9. The Morgan fingerprint density at radius 1 is 1.47 bits per heavy atom. The Morgan fingerprint density at radius 3 is 3.06 bits per heavy atom. The van der Waals surface area contributed by atoms with E-state index in [0.29, 0.717) is 6.04 Å². The van der Waals surface area contributed by atoms with Gasteiger partial charge in [0.25, 0.3) is 0 Å². The minimum atomic E-state index is 0.260. The zero-order valence-electron chi connectivity index (χ0n) is 10.1. The van der Waals surface area contributed by atoms with E-state index in [4.69, 9.17) is 17.0 Å². The van der Waals surface area contributed by atoms with Gasteiger partial charge in [0.2, 0.25) is 5.95 Å². The highest BCUT2D eigenvalue weighted by Crippen LogP contribution is 2.38. The predicted octanol–water partition coefficient (Wildman–Crippen LogP) is 1.89. The van der Waals surface area contributed by atoms with Gasteiger partial charge in [-0.3, -0.25) is 4.57 Å². The van der Waals surface area contributed by atoms with Crippen molar-refractivity contribution < 1.29 is 4.74 Å². The molecule has 1 aliphatic carbocycles. The molecule has 94 valence electrons. The highest BCUT2D eigenvalue weighted by atomic mass is 32.1. The third-order valence-electron chi connectivity index (χ3n) is 3.33. The second-order valence-electron chi connectivity index (χ2n) is 4.91. The van der Waals surface area contributed by atoms with Gasteiger partial charge in [-0.05, 0) is 38.4 Å². The SMILES string of the molecule is CC1CN(c2n[nH]c(=S)n2C2CC2)CCCO1. The maximum absolute atomic E-state index is 5.66. The fourth-order valence-electron chi connectivity index (χ4n) is 2.36. The minimum Gasteiger partial charge on any atom is -0.377 e. The number of H-pyrrole nitrogens is 1. The van der Waals surface area contributed by atoms with E-state index in [-0.39, 0.29) is 6.10 Å². The summed E-state index contributed by atoms with van der Waals surface area (Å²) in [7, 11) is 0. The van der Waals surface area contributed by atoms with Crippen LogP contribution >= 0.6 is 12.2 Å². The standard InChI is InChI=1S/C11H18N4OS/c1-8-7-14(5-2-6-16-8)10-12-13-11(17)15(10)9-3-4-9/h8-9H,2-7H2,1H3,(H,13,17). The zero-order valence-corrected chi connectivity index (χ0v) is 10.9. The van der Waals surface area contributed by atoms with E-state index in [1.807, 2.05) is 0 Å². The molecule has 2 heterocycles. The van der Waals surface area contributed by atoms with Crippen LogP contribution in [-0.4, -0.2) is 40.6 Å². The second kappa shape index (κ2) is 4.42. The first kappa shape index (κ1) is 11.2. The van der Waals surface area contributed by atoms with Gasteiger partial charge in [-0.15, -0.1) is 5.10 Å². The van der Waals surface area contributed by atoms with Crippen molar-refractivity contribution in [1.82, 2.24) is 14.8 Å². The van der Waals surface area contributed by atoms with Crippen LogP contribution in [0.3, 0.4) is 0 Å². The zero-order chi connectivity index (χ0) is 11.8. The third kappa shape index (κ3) is 2.24. The van der Waals surface area contributed by atoms with Gasteiger partial charge in [-0.25, -0.2) is 5.10 Å². The van der Waals surface area contributed by atoms with E-state index < -0.39 is 0 Å². The summed E-state index contributed by atoms with van der Waals surface area (Å²) >= 11 is 5.31. The van der Waals surface area contributed by atoms with E-state index >= 15 is 0 Å². The second-order valence-corrected chi connectivity index (χ2v) is 5.30. The van der Waals surface area contributed by atoms with Gasteiger partial charge in [-0.2, -0.15) is 0 Å². The van der Waals surface area contributed by atoms with Crippen LogP contribution in [-0.2, 0) is 4.74 Å². The van der Waals surface area contributed by atoms with Crippen molar-refractivity contribution >= 4 is 18.2 Å². The summed E-state index contributed by atoms with van der Waals surface area (Å²) in [5.74, 6) is 0.995. The molecule has 1 aliphatic heterocycles. The number of ether oxygens (including phenoxy) is 1. The van der Waals surface area contributed by atoms with Crippen LogP contribution in [0.2, 0.25) is 0 Å². The summed E-state index contributed by atoms with van der Waals surface area (Å²) in [5, 5.41) is 7.32. The van der Waals surface area contributed by atoms with Crippen LogP contribution in [0.5, 0.6) is 0 Å². The fraction of sp³-hybridized carbons (Fsp3) is 0.818. The molecule has 1 saturated carbocycles. The lowest BCUT2D eigenvalue weighted by Gasteiger charge is -2.23. The molecular weight excluding hydrogens is 236 g/mol. The fourth-order valence-corrected chi connectivity index (χ4v) is 2.63. The monoisotopic (exact) mass is 254 g/mol. The molecule has 1 saturated heterocycles. The first-order chi connectivity index (χ1) is 8.25. The summed E-state index contributed by atoms with van der Waals surface area (Å²) in [4.78, 5) is 2.29. The Balaban J connectivity index is 1.89. The van der Waals surface area contributed by atoms with Gasteiger partial charge in [0.15, 0.2) is 4.77 Å². The average molecular weight is 254 g/mol. The van der Waals surface area contributed by atoms with Crippen molar-refractivity contribution in [3.8, 4) is 0 Å². The van der Waals surface area contributed by atoms with E-state index in [2.05, 4.69) is 26.6 Å². The number of anilines is 1. The maximum atomic E-state index is 5.66. The number of hydrogen-bond donors (Lipinski definition) is 1. The van der Waals surface area contributed by atoms with Gasteiger partial charge in [0.1, 0.15) is 0 Å². The minimum absolute atomic E-state index is 0.260. The first-order valence-corrected chi connectivity index (χ1v) is 6.70. The Morgan fingerprint density at radius 2 is 2.29 bits per heavy atom. The summed E-state index contributed by atoms with van der Waals surface area (Å²) in [6.07, 6.45) is 3.76. The summed E-state index contributed by atoms with van der Waals surface area (Å²) in [5.41, 5.74) is 0. The Bertz CT molecular complexity index is 451. The van der Waals surface area contributed by atoms with Gasteiger partial charge in [-0.1, -0.05) is 0 Å². The van der Waals surface area contributed by atoms with E-state index in [0.717, 1.165) is 36.8 Å². The molecule has 1 aromatic rings. The van der Waals surface area contributed by atoms with Crippen molar-refractivity contribution in [2.45, 2.75) is 38.3 Å². The maximum Gasteiger partial charge on any atom is 0.226 e. The predicted molar refractivity (Wildman–Crippen MR) is 67.9 cm³/mol. The van der Waals surface area contributed by atoms with Crippen molar-refractivity contribution in [2.24, 2.45) is 0 Å². The van der Waals surface area contributed by atoms with Crippen molar-refractivity contribution in [2.75, 3.05) is 24.6 Å². The molecule has 2 fully saturated rings. The molecule has 3 rings (SSSR count). The summed E-state index contributed by atoms with van der Waals surface area (Å²) in [6, 6.07) is 0.565. The molecule has 1 unspecified atom stereocenters. The lowest BCUT2D eigenvalue weighted by molar-refractivity contribution is 0.0819. The first-order valence-electron chi connectivity index (χ1n) is 6.29. The van der Waals surface area contributed by atoms with Gasteiger partial charge < -0.3 is 9.64 Å². The highest BCUT2D eigenvalue weighted by Gasteiger charge is 2.30. The molecule has 0 aromatic carbocycles. The van der Waals surface area contributed by atoms with E-state index in [1.165, 1.54) is 12.8 Å². The van der Waals surface area contributed by atoms with Crippen LogP contribution in [0.15, 0.2) is 0 Å². The van der Waals surface area contributed by atoms with Gasteiger partial charge >= 0.3 is 0 Å². The molecule has 6 heteroatoms. The molecule has 0 amide bonds. The molecule has 1 aromatic heterocycles. The molecule has 0 spiro atoms. The van der Waals surface area contributed by atoms with Crippen molar-refractivity contribution in [3.63, 3.8) is 0 Å². The van der Waals surface area contributed by atoms with E-state index in [1.54, 1.807) is 0 Å². The van der Waals surface area contributed by atoms with E-state index in [9.17, 15) is 0 Å². The lowest BCUT2D eigenvalue weighted by Crippen LogP contribution is -2.32. The Hall–Kier alpha value is -0.880. The van der Waals surface area contributed by atoms with Crippen LogP contribution in [0, 0.1) is 4.77 Å². The molecule has 5 nitrogen and oxygen atoms in total. The largest absolute Gasteiger partial charge is 0.377 e. The number of hydrogen-bond acceptors (Lipinski definition) is 4. The third-order valence-corrected chi connectivity index (χ3v) is 3.62. The Kier molecular flexibility index (Phi) is 2.92. The summed E-state index contributed by atoms with van der Waals surface area (Å²) in [6.45, 7) is 4.84. The quantitative estimate of drug-likeness (QED) is 0.819. The number of nitrogens with one attached hydrogen (secondary N) is 1. The molecule has 0 radical (unpaired) electrons. The van der Waals surface area contributed by atoms with Crippen LogP contribution in [0.25, 0.3) is 0 Å². The molecule has 0 bridgehead atoms. The molecular formula is C11H18N4OS. The van der Waals surface area contributed by atoms with Crippen LogP contribution in [0.4, 0.5) is 5.95 Å². The van der Waals surface area contributed by atoms with Crippen molar-refractivity contribution in [1.29, 1.82) is 0 Å². The van der Waals surface area contributed by atoms with Crippen LogP contribution in [0.1, 0.15) is 32.2 Å². The highest BCUT2D eigenvalue weighted by molar-refractivity contribution is 7.71. The molecule has 17 heavy (non-hydrogen) atoms. The molecule has 1 N–H and O–H groups in total.